The zero-order valence-electron chi connectivity index (χ0n) is 11.2. The number of hydrogen-bond acceptors (Lipinski definition) is 6. The summed E-state index contributed by atoms with van der Waals surface area (Å²) in [5.41, 5.74) is 0. The molecular weight excluding hydrogens is 336 g/mol. The Morgan fingerprint density at radius 1 is 1.40 bits per heavy atom. The summed E-state index contributed by atoms with van der Waals surface area (Å²) in [6.07, 6.45) is -3.70. The van der Waals surface area contributed by atoms with E-state index in [0.717, 1.165) is 0 Å². The minimum atomic E-state index is -1.13. The second-order valence-corrected chi connectivity index (χ2v) is 4.96. The lowest BCUT2D eigenvalue weighted by molar-refractivity contribution is -0.210. The first-order chi connectivity index (χ1) is 9.44. The summed E-state index contributed by atoms with van der Waals surface area (Å²) in [6, 6.07) is -0.872. The van der Waals surface area contributed by atoms with Crippen molar-refractivity contribution < 1.29 is 29.3 Å². The van der Waals surface area contributed by atoms with E-state index in [4.69, 9.17) is 9.47 Å². The summed E-state index contributed by atoms with van der Waals surface area (Å²) in [5.74, 6) is -0.752. The van der Waals surface area contributed by atoms with Gasteiger partial charge in [0.25, 0.3) is 0 Å². The van der Waals surface area contributed by atoms with E-state index in [1.807, 2.05) is 0 Å². The van der Waals surface area contributed by atoms with Crippen LogP contribution in [-0.4, -0.2) is 71.7 Å². The van der Waals surface area contributed by atoms with Gasteiger partial charge in [0.2, 0.25) is 11.8 Å². The van der Waals surface area contributed by atoms with Crippen LogP contribution in [0.25, 0.3) is 0 Å². The molecule has 5 atom stereocenters. The lowest BCUT2D eigenvalue weighted by Gasteiger charge is -2.43. The van der Waals surface area contributed by atoms with Crippen LogP contribution in [-0.2, 0) is 19.1 Å². The molecule has 0 aromatic carbocycles. The number of aliphatic hydroxyl groups is 2. The SMILES string of the molecule is CO[C@@H]1C(CO)O[C@@H](NC(=O)CBr)C(NC(C)=O)C1O. The van der Waals surface area contributed by atoms with Crippen molar-refractivity contribution in [1.29, 1.82) is 0 Å². The number of aliphatic hydroxyl groups excluding tert-OH is 2. The third-order valence-electron chi connectivity index (χ3n) is 2.97. The highest BCUT2D eigenvalue weighted by atomic mass is 79.9. The first kappa shape index (κ1) is 17.3. The number of halogens is 1. The van der Waals surface area contributed by atoms with Gasteiger partial charge < -0.3 is 30.3 Å². The molecule has 20 heavy (non-hydrogen) atoms. The molecule has 2 amide bonds. The van der Waals surface area contributed by atoms with Gasteiger partial charge in [0.1, 0.15) is 24.4 Å². The first-order valence-electron chi connectivity index (χ1n) is 6.04. The van der Waals surface area contributed by atoms with Gasteiger partial charge in [0.15, 0.2) is 6.23 Å². The molecule has 1 fully saturated rings. The van der Waals surface area contributed by atoms with Crippen molar-refractivity contribution in [2.75, 3.05) is 19.0 Å². The Morgan fingerprint density at radius 2 is 2.05 bits per heavy atom. The van der Waals surface area contributed by atoms with Crippen LogP contribution in [0.4, 0.5) is 0 Å². The molecule has 0 bridgehead atoms. The molecule has 8 nitrogen and oxygen atoms in total. The number of amides is 2. The lowest BCUT2D eigenvalue weighted by atomic mass is 9.95. The van der Waals surface area contributed by atoms with Gasteiger partial charge in [0, 0.05) is 14.0 Å². The Labute approximate surface area is 124 Å². The number of rotatable bonds is 5. The molecule has 0 aromatic rings. The number of carbonyl (C=O) groups is 2. The molecule has 1 aliphatic rings. The number of ether oxygens (including phenoxy) is 2. The fourth-order valence-corrected chi connectivity index (χ4v) is 2.27. The first-order valence-corrected chi connectivity index (χ1v) is 7.16. The molecule has 9 heteroatoms. The topological polar surface area (TPSA) is 117 Å². The summed E-state index contributed by atoms with van der Waals surface area (Å²) in [4.78, 5) is 22.7. The molecule has 0 aromatic heterocycles. The van der Waals surface area contributed by atoms with E-state index >= 15 is 0 Å². The number of nitrogens with one attached hydrogen (secondary N) is 2. The van der Waals surface area contributed by atoms with Crippen molar-refractivity contribution in [3.8, 4) is 0 Å². The van der Waals surface area contributed by atoms with E-state index < -0.39 is 30.6 Å². The monoisotopic (exact) mass is 354 g/mol. The van der Waals surface area contributed by atoms with Gasteiger partial charge in [0.05, 0.1) is 11.9 Å². The van der Waals surface area contributed by atoms with E-state index in [9.17, 15) is 19.8 Å². The van der Waals surface area contributed by atoms with Crippen LogP contribution >= 0.6 is 15.9 Å². The highest BCUT2D eigenvalue weighted by molar-refractivity contribution is 9.09. The van der Waals surface area contributed by atoms with Gasteiger partial charge in [-0.1, -0.05) is 15.9 Å². The van der Waals surface area contributed by atoms with Gasteiger partial charge >= 0.3 is 0 Å². The summed E-state index contributed by atoms with van der Waals surface area (Å²) in [6.45, 7) is 0.902. The average Bonchev–Trinajstić information content (AvgIpc) is 2.41. The van der Waals surface area contributed by atoms with E-state index in [2.05, 4.69) is 26.6 Å². The lowest BCUT2D eigenvalue weighted by Crippen LogP contribution is -2.68. The molecule has 3 unspecified atom stereocenters. The van der Waals surface area contributed by atoms with Crippen LogP contribution in [0.15, 0.2) is 0 Å². The van der Waals surface area contributed by atoms with Crippen molar-refractivity contribution in [3.05, 3.63) is 0 Å². The Bertz CT molecular complexity index is 356. The molecule has 0 aliphatic carbocycles. The standard InChI is InChI=1S/C11H19BrN2O6/c1-5(16)13-8-9(18)10(19-2)6(4-15)20-11(8)14-7(17)3-12/h6,8-11,15,18H,3-4H2,1-2H3,(H,13,16)(H,14,17)/t6?,8?,9?,10-,11-/m1/s1. The van der Waals surface area contributed by atoms with Gasteiger partial charge in [-0.15, -0.1) is 0 Å². The predicted octanol–water partition coefficient (Wildman–Crippen LogP) is -1.90. The third-order valence-corrected chi connectivity index (χ3v) is 3.47. The fourth-order valence-electron chi connectivity index (χ4n) is 2.11. The van der Waals surface area contributed by atoms with Gasteiger partial charge in [-0.25, -0.2) is 0 Å². The molecule has 1 aliphatic heterocycles. The smallest absolute Gasteiger partial charge is 0.232 e. The quantitative estimate of drug-likeness (QED) is 0.428. The summed E-state index contributed by atoms with van der Waals surface area (Å²) in [5, 5.41) is 24.6. The second-order valence-electron chi connectivity index (χ2n) is 4.40. The summed E-state index contributed by atoms with van der Waals surface area (Å²) >= 11 is 2.99. The molecule has 0 saturated carbocycles. The summed E-state index contributed by atoms with van der Waals surface area (Å²) < 4.78 is 10.6. The van der Waals surface area contributed by atoms with Crippen LogP contribution in [0.3, 0.4) is 0 Å². The minimum absolute atomic E-state index is 0.0489. The van der Waals surface area contributed by atoms with E-state index in [1.165, 1.54) is 14.0 Å². The number of methoxy groups -OCH3 is 1. The molecule has 1 saturated heterocycles. The number of carbonyl (C=O) groups excluding carboxylic acids is 2. The Balaban J connectivity index is 2.91. The maximum absolute atomic E-state index is 11.4. The third kappa shape index (κ3) is 4.13. The van der Waals surface area contributed by atoms with E-state index in [-0.39, 0.29) is 23.8 Å². The maximum atomic E-state index is 11.4. The van der Waals surface area contributed by atoms with E-state index in [1.54, 1.807) is 0 Å². The largest absolute Gasteiger partial charge is 0.394 e. The predicted molar refractivity (Wildman–Crippen MR) is 72.1 cm³/mol. The average molecular weight is 355 g/mol. The highest BCUT2D eigenvalue weighted by Crippen LogP contribution is 2.22. The van der Waals surface area contributed by atoms with Crippen molar-refractivity contribution in [2.24, 2.45) is 0 Å². The maximum Gasteiger partial charge on any atom is 0.232 e. The van der Waals surface area contributed by atoms with E-state index in [0.29, 0.717) is 0 Å². The Hall–Kier alpha value is -0.740. The van der Waals surface area contributed by atoms with Gasteiger partial charge in [-0.3, -0.25) is 9.59 Å². The zero-order chi connectivity index (χ0) is 15.3. The molecule has 116 valence electrons. The number of hydrogen-bond donors (Lipinski definition) is 4. The van der Waals surface area contributed by atoms with Crippen LogP contribution in [0.5, 0.6) is 0 Å². The molecule has 1 rings (SSSR count). The van der Waals surface area contributed by atoms with Crippen LogP contribution in [0.2, 0.25) is 0 Å². The van der Waals surface area contributed by atoms with Crippen LogP contribution < -0.4 is 10.6 Å². The molecule has 0 radical (unpaired) electrons. The Morgan fingerprint density at radius 3 is 2.50 bits per heavy atom. The van der Waals surface area contributed by atoms with Crippen LogP contribution in [0.1, 0.15) is 6.92 Å². The molecule has 1 heterocycles. The number of alkyl halides is 1. The molecule has 4 N–H and O–H groups in total. The van der Waals surface area contributed by atoms with Crippen molar-refractivity contribution in [3.63, 3.8) is 0 Å². The van der Waals surface area contributed by atoms with Gasteiger partial charge in [-0.05, 0) is 0 Å². The van der Waals surface area contributed by atoms with Gasteiger partial charge in [-0.2, -0.15) is 0 Å². The fraction of sp³-hybridized carbons (Fsp3) is 0.818. The summed E-state index contributed by atoms with van der Waals surface area (Å²) in [7, 11) is 1.36. The van der Waals surface area contributed by atoms with Crippen molar-refractivity contribution in [2.45, 2.75) is 37.5 Å². The van der Waals surface area contributed by atoms with Crippen LogP contribution in [0, 0.1) is 0 Å². The highest BCUT2D eigenvalue weighted by Gasteiger charge is 2.46. The molecular formula is C11H19BrN2O6. The Kier molecular flexibility index (Phi) is 6.83. The zero-order valence-corrected chi connectivity index (χ0v) is 12.8. The molecule has 0 spiro atoms. The van der Waals surface area contributed by atoms with Crippen molar-refractivity contribution >= 4 is 27.7 Å². The normalized spacial score (nSPS) is 33.5. The second kappa shape index (κ2) is 7.89. The van der Waals surface area contributed by atoms with Crippen molar-refractivity contribution in [1.82, 2.24) is 10.6 Å². The minimum Gasteiger partial charge on any atom is -0.394 e.